The number of thiophene rings is 1. The summed E-state index contributed by atoms with van der Waals surface area (Å²) in [4.78, 5) is 11.4. The molecule has 0 amide bonds. The minimum atomic E-state index is 0.422. The SMILES string of the molecule is CC(C)CCC(C)n1c(-c2cccs2)csc1=Nc1cccnc1. The third kappa shape index (κ3) is 4.02. The molecule has 3 aromatic rings. The van der Waals surface area contributed by atoms with Crippen LogP contribution in [0.25, 0.3) is 10.6 Å². The van der Waals surface area contributed by atoms with Crippen molar-refractivity contribution in [1.29, 1.82) is 0 Å². The van der Waals surface area contributed by atoms with E-state index in [-0.39, 0.29) is 0 Å². The minimum absolute atomic E-state index is 0.422. The second-order valence-electron chi connectivity index (χ2n) is 6.39. The molecule has 0 radical (unpaired) electrons. The summed E-state index contributed by atoms with van der Waals surface area (Å²) in [6.07, 6.45) is 5.98. The van der Waals surface area contributed by atoms with Crippen LogP contribution in [-0.4, -0.2) is 9.55 Å². The largest absolute Gasteiger partial charge is 0.313 e. The molecule has 0 saturated carbocycles. The van der Waals surface area contributed by atoms with E-state index >= 15 is 0 Å². The number of hydrogen-bond donors (Lipinski definition) is 0. The number of pyridine rings is 1. The highest BCUT2D eigenvalue weighted by molar-refractivity contribution is 7.14. The second kappa shape index (κ2) is 7.90. The Kier molecular flexibility index (Phi) is 5.63. The lowest BCUT2D eigenvalue weighted by molar-refractivity contribution is 0.436. The quantitative estimate of drug-likeness (QED) is 0.540. The Bertz CT molecular complexity index is 814. The molecule has 0 fully saturated rings. The van der Waals surface area contributed by atoms with E-state index in [2.05, 4.69) is 53.2 Å². The fourth-order valence-corrected chi connectivity index (χ4v) is 4.49. The molecular formula is C19H23N3S2. The molecule has 1 atom stereocenters. The standard InChI is InChI=1S/C19H23N3S2/c1-14(2)8-9-15(3)22-17(18-7-5-11-23-18)13-24-19(22)21-16-6-4-10-20-12-16/h4-7,10-15H,8-9H2,1-3H3. The summed E-state index contributed by atoms with van der Waals surface area (Å²) in [7, 11) is 0. The van der Waals surface area contributed by atoms with Crippen molar-refractivity contribution in [3.05, 3.63) is 52.2 Å². The predicted molar refractivity (Wildman–Crippen MR) is 104 cm³/mol. The van der Waals surface area contributed by atoms with Gasteiger partial charge in [0.2, 0.25) is 0 Å². The van der Waals surface area contributed by atoms with Crippen LogP contribution in [0.3, 0.4) is 0 Å². The Morgan fingerprint density at radius 2 is 2.00 bits per heavy atom. The van der Waals surface area contributed by atoms with Crippen molar-refractivity contribution in [3.8, 4) is 10.6 Å². The zero-order valence-electron chi connectivity index (χ0n) is 14.3. The van der Waals surface area contributed by atoms with Crippen LogP contribution < -0.4 is 4.80 Å². The van der Waals surface area contributed by atoms with E-state index in [1.165, 1.54) is 17.0 Å². The van der Waals surface area contributed by atoms with Crippen LogP contribution in [0.2, 0.25) is 0 Å². The topological polar surface area (TPSA) is 30.2 Å². The first kappa shape index (κ1) is 17.1. The lowest BCUT2D eigenvalue weighted by atomic mass is 10.0. The van der Waals surface area contributed by atoms with Gasteiger partial charge in [-0.3, -0.25) is 4.98 Å². The first-order valence-corrected chi connectivity index (χ1v) is 10.1. The number of rotatable bonds is 6. The maximum absolute atomic E-state index is 4.84. The van der Waals surface area contributed by atoms with Crippen LogP contribution >= 0.6 is 22.7 Å². The van der Waals surface area contributed by atoms with Gasteiger partial charge in [-0.25, -0.2) is 4.99 Å². The molecule has 3 rings (SSSR count). The van der Waals surface area contributed by atoms with Crippen LogP contribution in [0.5, 0.6) is 0 Å². The Balaban J connectivity index is 2.04. The molecule has 0 aliphatic rings. The van der Waals surface area contributed by atoms with Crippen LogP contribution in [-0.2, 0) is 0 Å². The summed E-state index contributed by atoms with van der Waals surface area (Å²) >= 11 is 3.49. The maximum Gasteiger partial charge on any atom is 0.190 e. The van der Waals surface area contributed by atoms with Gasteiger partial charge in [0.25, 0.3) is 0 Å². The van der Waals surface area contributed by atoms with Gasteiger partial charge in [0.15, 0.2) is 4.80 Å². The Morgan fingerprint density at radius 1 is 1.12 bits per heavy atom. The third-order valence-electron chi connectivity index (χ3n) is 3.99. The van der Waals surface area contributed by atoms with E-state index in [1.54, 1.807) is 28.9 Å². The summed E-state index contributed by atoms with van der Waals surface area (Å²) in [6, 6.07) is 8.65. The molecule has 126 valence electrons. The van der Waals surface area contributed by atoms with E-state index in [1.807, 2.05) is 18.3 Å². The fourth-order valence-electron chi connectivity index (χ4n) is 2.67. The fraction of sp³-hybridized carbons (Fsp3) is 0.368. The zero-order valence-corrected chi connectivity index (χ0v) is 16.0. The number of aromatic nitrogens is 2. The van der Waals surface area contributed by atoms with Crippen molar-refractivity contribution in [2.45, 2.75) is 39.7 Å². The molecule has 3 heterocycles. The van der Waals surface area contributed by atoms with Gasteiger partial charge in [-0.15, -0.1) is 22.7 Å². The molecule has 1 unspecified atom stereocenters. The van der Waals surface area contributed by atoms with Crippen molar-refractivity contribution < 1.29 is 0 Å². The van der Waals surface area contributed by atoms with E-state index in [0.29, 0.717) is 6.04 Å². The summed E-state index contributed by atoms with van der Waals surface area (Å²) in [5, 5.41) is 4.36. The molecule has 0 aliphatic carbocycles. The summed E-state index contributed by atoms with van der Waals surface area (Å²) in [5.41, 5.74) is 2.18. The maximum atomic E-state index is 4.84. The van der Waals surface area contributed by atoms with Gasteiger partial charge in [-0.2, -0.15) is 0 Å². The molecule has 0 N–H and O–H groups in total. The average Bonchev–Trinajstić information content (AvgIpc) is 3.23. The van der Waals surface area contributed by atoms with Gasteiger partial charge >= 0.3 is 0 Å². The van der Waals surface area contributed by atoms with E-state index in [0.717, 1.165) is 22.8 Å². The van der Waals surface area contributed by atoms with Crippen LogP contribution in [0, 0.1) is 5.92 Å². The van der Waals surface area contributed by atoms with Gasteiger partial charge < -0.3 is 4.57 Å². The average molecular weight is 358 g/mol. The number of nitrogens with zero attached hydrogens (tertiary/aromatic N) is 3. The summed E-state index contributed by atoms with van der Waals surface area (Å²) < 4.78 is 2.39. The van der Waals surface area contributed by atoms with Crippen molar-refractivity contribution in [1.82, 2.24) is 9.55 Å². The summed E-state index contributed by atoms with van der Waals surface area (Å²) in [5.74, 6) is 0.718. The molecule has 0 aromatic carbocycles. The molecular weight excluding hydrogens is 334 g/mol. The molecule has 0 aliphatic heterocycles. The predicted octanol–water partition coefficient (Wildman–Crippen LogP) is 5.90. The van der Waals surface area contributed by atoms with Gasteiger partial charge in [0, 0.05) is 17.6 Å². The molecule has 3 nitrogen and oxygen atoms in total. The Morgan fingerprint density at radius 3 is 2.67 bits per heavy atom. The van der Waals surface area contributed by atoms with E-state index in [4.69, 9.17) is 4.99 Å². The van der Waals surface area contributed by atoms with Crippen molar-refractivity contribution >= 4 is 28.4 Å². The first-order chi connectivity index (χ1) is 11.6. The smallest absolute Gasteiger partial charge is 0.190 e. The zero-order chi connectivity index (χ0) is 16.9. The molecule has 0 spiro atoms. The van der Waals surface area contributed by atoms with Crippen molar-refractivity contribution in [2.75, 3.05) is 0 Å². The van der Waals surface area contributed by atoms with Gasteiger partial charge in [0.05, 0.1) is 22.5 Å². The number of hydrogen-bond acceptors (Lipinski definition) is 4. The monoisotopic (exact) mass is 357 g/mol. The second-order valence-corrected chi connectivity index (χ2v) is 8.18. The highest BCUT2D eigenvalue weighted by Gasteiger charge is 2.15. The lowest BCUT2D eigenvalue weighted by Crippen LogP contribution is -2.20. The van der Waals surface area contributed by atoms with Crippen molar-refractivity contribution in [3.63, 3.8) is 0 Å². The first-order valence-electron chi connectivity index (χ1n) is 8.34. The van der Waals surface area contributed by atoms with Gasteiger partial charge in [0.1, 0.15) is 0 Å². The van der Waals surface area contributed by atoms with Crippen molar-refractivity contribution in [2.24, 2.45) is 10.9 Å². The summed E-state index contributed by atoms with van der Waals surface area (Å²) in [6.45, 7) is 6.87. The van der Waals surface area contributed by atoms with E-state index < -0.39 is 0 Å². The molecule has 3 aromatic heterocycles. The highest BCUT2D eigenvalue weighted by Crippen LogP contribution is 2.29. The van der Waals surface area contributed by atoms with Crippen LogP contribution in [0.15, 0.2) is 52.4 Å². The normalized spacial score (nSPS) is 13.6. The van der Waals surface area contributed by atoms with Crippen LogP contribution in [0.4, 0.5) is 5.69 Å². The molecule has 5 heteroatoms. The Labute approximate surface area is 151 Å². The minimum Gasteiger partial charge on any atom is -0.313 e. The molecule has 0 bridgehead atoms. The highest BCUT2D eigenvalue weighted by atomic mass is 32.1. The van der Waals surface area contributed by atoms with E-state index in [9.17, 15) is 0 Å². The lowest BCUT2D eigenvalue weighted by Gasteiger charge is -2.18. The Hall–Kier alpha value is -1.72. The molecule has 24 heavy (non-hydrogen) atoms. The third-order valence-corrected chi connectivity index (χ3v) is 5.72. The van der Waals surface area contributed by atoms with Gasteiger partial charge in [-0.05, 0) is 49.3 Å². The number of thiazole rings is 1. The van der Waals surface area contributed by atoms with Crippen LogP contribution in [0.1, 0.15) is 39.7 Å². The molecule has 0 saturated heterocycles. The van der Waals surface area contributed by atoms with Gasteiger partial charge in [-0.1, -0.05) is 19.9 Å².